The molecule has 9 rings (SSSR count). The Hall–Kier alpha value is -5.92. The number of allylic oxidation sites excluding steroid dienone is 12. The Balaban J connectivity index is 0.851. The van der Waals surface area contributed by atoms with Gasteiger partial charge in [0.05, 0.1) is 60.0 Å². The van der Waals surface area contributed by atoms with E-state index in [9.17, 15) is 0 Å². The van der Waals surface area contributed by atoms with E-state index in [1.165, 1.54) is 39.3 Å². The van der Waals surface area contributed by atoms with E-state index in [2.05, 4.69) is 205 Å². The zero-order valence-electron chi connectivity index (χ0n) is 37.7. The average Bonchev–Trinajstić information content (AvgIpc) is 4.03. The van der Waals surface area contributed by atoms with Gasteiger partial charge in [0.1, 0.15) is 46.5 Å². The summed E-state index contributed by atoms with van der Waals surface area (Å²) in [6.07, 6.45) is 33.0. The normalized spacial score (nSPS) is 16.4. The molecule has 0 saturated heterocycles. The van der Waals surface area contributed by atoms with Crippen LogP contribution in [-0.4, -0.2) is 40.5 Å². The number of fused-ring (bicyclic) bond motifs is 8. The Morgan fingerprint density at radius 2 is 0.803 bits per heavy atom. The standard InChI is InChI=1S/C54H54N4O4S4/c1-55-43-35-39-23-27-47(43)63-51(55)19-11-7-5-8-12-20-52-56(2)44-37-41(25-29-48(44)64-52)61-33-17-18-34-62-42-26-30-50-46(38-42)58(4)54(66-50)22-14-10-6-9-13-21-53-57(3)45-36-40(24-28-49(45)65-53)60-32-16-15-31-59-39/h5-14,19-30,35-38H,15-18,31-34H2,1-4H3/q+2. The van der Waals surface area contributed by atoms with Gasteiger partial charge < -0.3 is 28.7 Å². The Bertz CT molecular complexity index is 2770. The monoisotopic (exact) mass is 950 g/mol. The summed E-state index contributed by atoms with van der Waals surface area (Å²) < 4.78 is 31.7. The molecular formula is C54H54N4O4S4+2. The molecule has 336 valence electrons. The highest BCUT2D eigenvalue weighted by molar-refractivity contribution is 8.04. The van der Waals surface area contributed by atoms with Crippen LogP contribution in [0.15, 0.2) is 166 Å². The maximum atomic E-state index is 6.19. The zero-order chi connectivity index (χ0) is 45.2. The molecule has 0 atom stereocenters. The summed E-state index contributed by atoms with van der Waals surface area (Å²) in [4.78, 5) is 6.91. The van der Waals surface area contributed by atoms with Crippen LogP contribution >= 0.6 is 46.2 Å². The summed E-state index contributed by atoms with van der Waals surface area (Å²) in [7, 11) is 8.44. The van der Waals surface area contributed by atoms with Gasteiger partial charge in [0, 0.05) is 48.2 Å². The van der Waals surface area contributed by atoms with Gasteiger partial charge in [-0.25, -0.2) is 0 Å². The molecule has 0 saturated carbocycles. The van der Waals surface area contributed by atoms with Gasteiger partial charge in [-0.1, -0.05) is 107 Å². The highest BCUT2D eigenvalue weighted by Crippen LogP contribution is 2.47. The molecule has 0 radical (unpaired) electrons. The number of rotatable bonds is 0. The van der Waals surface area contributed by atoms with E-state index in [1.54, 1.807) is 46.2 Å². The molecule has 0 aliphatic carbocycles. The highest BCUT2D eigenvalue weighted by Gasteiger charge is 2.24. The summed E-state index contributed by atoms with van der Waals surface area (Å²) in [6.45, 7) is 2.56. The molecule has 0 fully saturated rings. The van der Waals surface area contributed by atoms with E-state index in [4.69, 9.17) is 18.9 Å². The van der Waals surface area contributed by atoms with Crippen LogP contribution in [0.25, 0.3) is 32.6 Å². The molecule has 0 unspecified atom stereocenters. The second-order valence-electron chi connectivity index (χ2n) is 15.9. The van der Waals surface area contributed by atoms with Crippen LogP contribution in [0.2, 0.25) is 0 Å². The lowest BCUT2D eigenvalue weighted by molar-refractivity contribution is -0.642. The number of hydrogen-bond donors (Lipinski definition) is 0. The number of aryl methyl sites for hydroxylation is 2. The smallest absolute Gasteiger partial charge is 0.262 e. The predicted octanol–water partition coefficient (Wildman–Crippen LogP) is 13.0. The van der Waals surface area contributed by atoms with Crippen LogP contribution in [0.4, 0.5) is 11.4 Å². The van der Waals surface area contributed by atoms with Gasteiger partial charge in [0.2, 0.25) is 11.0 Å². The summed E-state index contributed by atoms with van der Waals surface area (Å²) in [6, 6.07) is 25.5. The first-order chi connectivity index (χ1) is 32.4. The minimum atomic E-state index is 0.639. The van der Waals surface area contributed by atoms with Gasteiger partial charge in [-0.3, -0.25) is 0 Å². The maximum Gasteiger partial charge on any atom is 0.262 e. The molecule has 6 aromatic rings. The number of ether oxygens (including phenoxy) is 4. The minimum absolute atomic E-state index is 0.639. The van der Waals surface area contributed by atoms with Crippen LogP contribution in [0.3, 0.4) is 0 Å². The lowest BCUT2D eigenvalue weighted by Crippen LogP contribution is -2.28. The van der Waals surface area contributed by atoms with Crippen molar-refractivity contribution in [2.45, 2.75) is 35.5 Å². The third kappa shape index (κ3) is 10.8. The summed E-state index contributed by atoms with van der Waals surface area (Å²) in [5.74, 6) is 3.55. The molecule has 3 aliphatic heterocycles. The molecule has 66 heavy (non-hydrogen) atoms. The number of hydrogen-bond acceptors (Lipinski definition) is 10. The van der Waals surface area contributed by atoms with Crippen molar-refractivity contribution in [1.82, 2.24) is 0 Å². The second kappa shape index (κ2) is 21.6. The van der Waals surface area contributed by atoms with Gasteiger partial charge in [-0.15, -0.1) is 0 Å². The van der Waals surface area contributed by atoms with Gasteiger partial charge in [-0.05, 0) is 86.4 Å². The van der Waals surface area contributed by atoms with Crippen molar-refractivity contribution in [3.8, 4) is 23.0 Å². The van der Waals surface area contributed by atoms with Crippen LogP contribution in [0.5, 0.6) is 23.0 Å². The molecule has 12 heteroatoms. The van der Waals surface area contributed by atoms with Crippen molar-refractivity contribution >= 4 is 90.2 Å². The van der Waals surface area contributed by atoms with Crippen LogP contribution in [0.1, 0.15) is 35.7 Å². The van der Waals surface area contributed by atoms with Crippen molar-refractivity contribution in [1.29, 1.82) is 0 Å². The van der Waals surface area contributed by atoms with E-state index >= 15 is 0 Å². The Morgan fingerprint density at radius 3 is 1.23 bits per heavy atom. The molecule has 5 heterocycles. The molecule has 0 N–H and O–H groups in total. The summed E-state index contributed by atoms with van der Waals surface area (Å²) in [5, 5.41) is 4.69. The van der Waals surface area contributed by atoms with Gasteiger partial charge >= 0.3 is 0 Å². The van der Waals surface area contributed by atoms with E-state index in [0.717, 1.165) is 71.1 Å². The fourth-order valence-corrected chi connectivity index (χ4v) is 11.8. The zero-order valence-corrected chi connectivity index (χ0v) is 41.0. The molecule has 12 bridgehead atoms. The lowest BCUT2D eigenvalue weighted by Gasteiger charge is -2.15. The van der Waals surface area contributed by atoms with Gasteiger partial charge in [0.15, 0.2) is 0 Å². The SMILES string of the molecule is CN1C2=CC=CC=CC=Cc3sc4ccc(cc4[n+]3C)OCCCCOc3ccc4sc([n+](C)c4c3)C=CC=CC=CC=C3Sc4ccc(cc4N3C)OCCCCOc3ccc(c1c3)S2. The van der Waals surface area contributed by atoms with Crippen molar-refractivity contribution in [2.75, 3.05) is 50.3 Å². The number of thiazole rings is 2. The van der Waals surface area contributed by atoms with Gasteiger partial charge in [0.25, 0.3) is 10.0 Å². The second-order valence-corrected chi connectivity index (χ2v) is 20.2. The fourth-order valence-electron chi connectivity index (χ4n) is 7.63. The van der Waals surface area contributed by atoms with Crippen molar-refractivity contribution in [3.05, 3.63) is 166 Å². The first-order valence-corrected chi connectivity index (χ1v) is 25.6. The number of thioether (sulfide) groups is 2. The maximum absolute atomic E-state index is 6.19. The topological polar surface area (TPSA) is 51.2 Å². The average molecular weight is 951 g/mol. The summed E-state index contributed by atoms with van der Waals surface area (Å²) >= 11 is 7.09. The number of anilines is 2. The molecule has 2 aromatic heterocycles. The van der Waals surface area contributed by atoms with E-state index in [0.29, 0.717) is 26.4 Å². The van der Waals surface area contributed by atoms with Crippen molar-refractivity contribution in [3.63, 3.8) is 0 Å². The summed E-state index contributed by atoms with van der Waals surface area (Å²) in [5.41, 5.74) is 4.64. The van der Waals surface area contributed by atoms with Crippen LogP contribution in [-0.2, 0) is 14.1 Å². The first kappa shape index (κ1) is 45.2. The quantitative estimate of drug-likeness (QED) is 0.140. The van der Waals surface area contributed by atoms with E-state index in [-0.39, 0.29) is 0 Å². The molecule has 0 spiro atoms. The third-order valence-corrected chi connectivity index (χ3v) is 16.1. The van der Waals surface area contributed by atoms with Crippen LogP contribution in [0, 0.1) is 0 Å². The highest BCUT2D eigenvalue weighted by atomic mass is 32.2. The van der Waals surface area contributed by atoms with Crippen LogP contribution < -0.4 is 37.9 Å². The fraction of sp³-hybridized carbons (Fsp3) is 0.222. The van der Waals surface area contributed by atoms with Crippen molar-refractivity contribution < 1.29 is 28.1 Å². The molecule has 4 aromatic carbocycles. The Kier molecular flexibility index (Phi) is 14.8. The predicted molar refractivity (Wildman–Crippen MR) is 279 cm³/mol. The number of aromatic nitrogens is 2. The van der Waals surface area contributed by atoms with E-state index < -0.39 is 0 Å². The van der Waals surface area contributed by atoms with E-state index in [1.807, 2.05) is 0 Å². The first-order valence-electron chi connectivity index (χ1n) is 22.3. The Labute approximate surface area is 404 Å². The molecular weight excluding hydrogens is 897 g/mol. The molecule has 0 amide bonds. The third-order valence-electron chi connectivity index (χ3n) is 11.3. The Morgan fingerprint density at radius 1 is 0.439 bits per heavy atom. The minimum Gasteiger partial charge on any atom is -0.494 e. The number of benzene rings is 4. The molecule has 3 aliphatic rings. The number of nitrogens with zero attached hydrogens (tertiary/aromatic N) is 4. The largest absolute Gasteiger partial charge is 0.494 e. The lowest BCUT2D eigenvalue weighted by atomic mass is 10.2. The van der Waals surface area contributed by atoms with Crippen molar-refractivity contribution in [2.24, 2.45) is 14.1 Å². The van der Waals surface area contributed by atoms with Gasteiger partial charge in [-0.2, -0.15) is 9.13 Å². The molecule has 8 nitrogen and oxygen atoms in total.